The van der Waals surface area contributed by atoms with Crippen molar-refractivity contribution in [2.24, 2.45) is 0 Å². The van der Waals surface area contributed by atoms with Crippen molar-refractivity contribution in [3.8, 4) is 21.9 Å². The van der Waals surface area contributed by atoms with Gasteiger partial charge in [-0.25, -0.2) is 4.98 Å². The Hall–Kier alpha value is -3.65. The van der Waals surface area contributed by atoms with Crippen LogP contribution < -0.4 is 15.0 Å². The first-order valence-corrected chi connectivity index (χ1v) is 12.7. The summed E-state index contributed by atoms with van der Waals surface area (Å²) in [6.45, 7) is 1.90. The molecule has 35 heavy (non-hydrogen) atoms. The first-order chi connectivity index (χ1) is 17.2. The molecule has 1 saturated heterocycles. The summed E-state index contributed by atoms with van der Waals surface area (Å²) < 4.78 is 13.0. The molecule has 1 atom stereocenters. The molecule has 1 amide bonds. The summed E-state index contributed by atoms with van der Waals surface area (Å²) in [5.41, 5.74) is 1.90. The number of hydrogen-bond donors (Lipinski definition) is 0. The second-order valence-electron chi connectivity index (χ2n) is 8.87. The first kappa shape index (κ1) is 21.9. The molecule has 178 valence electrons. The smallest absolute Gasteiger partial charge is 0.262 e. The molecule has 7 nitrogen and oxygen atoms in total. The van der Waals surface area contributed by atoms with Gasteiger partial charge in [-0.2, -0.15) is 0 Å². The molecule has 2 aliphatic rings. The topological polar surface area (TPSA) is 73.7 Å². The Balaban J connectivity index is 1.24. The number of amides is 1. The molecule has 0 unspecified atom stereocenters. The molecule has 0 saturated carbocycles. The van der Waals surface area contributed by atoms with Gasteiger partial charge in [0.15, 0.2) is 11.5 Å². The molecule has 0 radical (unpaired) electrons. The zero-order valence-electron chi connectivity index (χ0n) is 19.2. The van der Waals surface area contributed by atoms with E-state index in [2.05, 4.69) is 4.98 Å². The third-order valence-corrected chi connectivity index (χ3v) is 7.70. The van der Waals surface area contributed by atoms with Crippen molar-refractivity contribution in [2.45, 2.75) is 31.8 Å². The van der Waals surface area contributed by atoms with Crippen LogP contribution in [0.2, 0.25) is 0 Å². The van der Waals surface area contributed by atoms with E-state index in [-0.39, 0.29) is 24.1 Å². The number of rotatable bonds is 4. The Morgan fingerprint density at radius 1 is 1.03 bits per heavy atom. The number of aromatic nitrogens is 2. The molecular weight excluding hydrogens is 462 g/mol. The molecule has 0 aliphatic carbocycles. The zero-order chi connectivity index (χ0) is 23.8. The zero-order valence-corrected chi connectivity index (χ0v) is 20.0. The fourth-order valence-electron chi connectivity index (χ4n) is 4.85. The first-order valence-electron chi connectivity index (χ1n) is 11.9. The van der Waals surface area contributed by atoms with Gasteiger partial charge < -0.3 is 14.4 Å². The van der Waals surface area contributed by atoms with E-state index in [1.165, 1.54) is 22.2 Å². The summed E-state index contributed by atoms with van der Waals surface area (Å²) in [5, 5.41) is 0.546. The highest BCUT2D eigenvalue weighted by atomic mass is 32.1. The molecule has 8 heteroatoms. The molecule has 2 aliphatic heterocycles. The summed E-state index contributed by atoms with van der Waals surface area (Å²) in [6, 6.07) is 17.7. The minimum atomic E-state index is -0.187. The SMILES string of the molecule is O=C(Cn1cnc2sc(-c3ccccc3)cc2c1=O)N1CCC[C@@H]1c1ccc2c(c1)OCCCO2. The largest absolute Gasteiger partial charge is 0.490 e. The number of thiophene rings is 1. The van der Waals surface area contributed by atoms with E-state index in [9.17, 15) is 9.59 Å². The van der Waals surface area contributed by atoms with E-state index >= 15 is 0 Å². The van der Waals surface area contributed by atoms with Crippen LogP contribution >= 0.6 is 11.3 Å². The highest BCUT2D eigenvalue weighted by Gasteiger charge is 2.31. The number of carbonyl (C=O) groups excluding carboxylic acids is 1. The van der Waals surface area contributed by atoms with Crippen molar-refractivity contribution in [1.82, 2.24) is 14.5 Å². The standard InChI is InChI=1S/C27H25N3O4S/c31-25(30-11-4-8-21(30)19-9-10-22-23(14-19)34-13-5-12-33-22)16-29-17-28-26-20(27(29)32)15-24(35-26)18-6-2-1-3-7-18/h1-3,6-7,9-10,14-15,17,21H,4-5,8,11-13,16H2/t21-/m1/s1. The molecule has 0 N–H and O–H groups in total. The monoisotopic (exact) mass is 487 g/mol. The van der Waals surface area contributed by atoms with E-state index in [1.807, 2.05) is 59.5 Å². The lowest BCUT2D eigenvalue weighted by Gasteiger charge is -2.26. The average Bonchev–Trinajstić information content (AvgIpc) is 3.49. The summed E-state index contributed by atoms with van der Waals surface area (Å²) in [7, 11) is 0. The minimum Gasteiger partial charge on any atom is -0.490 e. The third-order valence-electron chi connectivity index (χ3n) is 6.61. The van der Waals surface area contributed by atoms with E-state index < -0.39 is 0 Å². The third kappa shape index (κ3) is 4.18. The maximum atomic E-state index is 13.3. The van der Waals surface area contributed by atoms with Crippen LogP contribution in [-0.4, -0.2) is 40.1 Å². The van der Waals surface area contributed by atoms with Crippen LogP contribution in [0.15, 0.2) is 65.7 Å². The molecule has 1 fully saturated rings. The number of hydrogen-bond acceptors (Lipinski definition) is 6. The second-order valence-corrected chi connectivity index (χ2v) is 9.91. The Morgan fingerprint density at radius 2 is 1.86 bits per heavy atom. The lowest BCUT2D eigenvalue weighted by molar-refractivity contribution is -0.132. The van der Waals surface area contributed by atoms with Gasteiger partial charge in [0.05, 0.1) is 31.0 Å². The molecule has 0 spiro atoms. The number of benzene rings is 2. The van der Waals surface area contributed by atoms with E-state index in [0.717, 1.165) is 46.8 Å². The van der Waals surface area contributed by atoms with Gasteiger partial charge in [-0.15, -0.1) is 11.3 Å². The maximum absolute atomic E-state index is 13.3. The normalized spacial score (nSPS) is 17.5. The number of nitrogens with zero attached hydrogens (tertiary/aromatic N) is 3. The van der Waals surface area contributed by atoms with Gasteiger partial charge in [0, 0.05) is 17.8 Å². The van der Waals surface area contributed by atoms with Crippen molar-refractivity contribution >= 4 is 27.5 Å². The van der Waals surface area contributed by atoms with Gasteiger partial charge in [0.1, 0.15) is 11.4 Å². The van der Waals surface area contributed by atoms with Crippen molar-refractivity contribution in [3.05, 3.63) is 76.8 Å². The number of carbonyl (C=O) groups is 1. The van der Waals surface area contributed by atoms with Crippen LogP contribution in [0.1, 0.15) is 30.9 Å². The van der Waals surface area contributed by atoms with Gasteiger partial charge in [-0.05, 0) is 42.2 Å². The number of likely N-dealkylation sites (tertiary alicyclic amines) is 1. The van der Waals surface area contributed by atoms with E-state index in [0.29, 0.717) is 30.0 Å². The van der Waals surface area contributed by atoms with Gasteiger partial charge >= 0.3 is 0 Å². The van der Waals surface area contributed by atoms with Gasteiger partial charge in [0.2, 0.25) is 5.91 Å². The molecule has 6 rings (SSSR count). The summed E-state index contributed by atoms with van der Waals surface area (Å²) >= 11 is 1.49. The van der Waals surface area contributed by atoms with Gasteiger partial charge in [-0.3, -0.25) is 14.2 Å². The number of ether oxygens (including phenoxy) is 2. The van der Waals surface area contributed by atoms with Crippen molar-refractivity contribution in [2.75, 3.05) is 19.8 Å². The Bertz CT molecular complexity index is 1450. The Morgan fingerprint density at radius 3 is 2.71 bits per heavy atom. The predicted molar refractivity (Wildman–Crippen MR) is 135 cm³/mol. The fourth-order valence-corrected chi connectivity index (χ4v) is 5.85. The summed E-state index contributed by atoms with van der Waals surface area (Å²) in [6.07, 6.45) is 4.14. The molecule has 2 aromatic heterocycles. The maximum Gasteiger partial charge on any atom is 0.262 e. The Labute approximate surface area is 206 Å². The van der Waals surface area contributed by atoms with E-state index in [4.69, 9.17) is 9.47 Å². The highest BCUT2D eigenvalue weighted by Crippen LogP contribution is 2.38. The fraction of sp³-hybridized carbons (Fsp3) is 0.296. The van der Waals surface area contributed by atoms with Crippen LogP contribution in [0.4, 0.5) is 0 Å². The molecule has 4 aromatic rings. The lowest BCUT2D eigenvalue weighted by atomic mass is 10.0. The average molecular weight is 488 g/mol. The van der Waals surface area contributed by atoms with Gasteiger partial charge in [-0.1, -0.05) is 36.4 Å². The van der Waals surface area contributed by atoms with Crippen molar-refractivity contribution < 1.29 is 14.3 Å². The summed E-state index contributed by atoms with van der Waals surface area (Å²) in [5.74, 6) is 1.40. The number of fused-ring (bicyclic) bond motifs is 2. The lowest BCUT2D eigenvalue weighted by Crippen LogP contribution is -2.36. The molecule has 2 aromatic carbocycles. The van der Waals surface area contributed by atoms with Crippen molar-refractivity contribution in [3.63, 3.8) is 0 Å². The van der Waals surface area contributed by atoms with Crippen LogP contribution in [0.3, 0.4) is 0 Å². The highest BCUT2D eigenvalue weighted by molar-refractivity contribution is 7.21. The van der Waals surface area contributed by atoms with Gasteiger partial charge in [0.25, 0.3) is 5.56 Å². The molecule has 0 bridgehead atoms. The van der Waals surface area contributed by atoms with E-state index in [1.54, 1.807) is 0 Å². The molecular formula is C27H25N3O4S. The van der Waals surface area contributed by atoms with Crippen molar-refractivity contribution in [1.29, 1.82) is 0 Å². The quantitative estimate of drug-likeness (QED) is 0.419. The van der Waals surface area contributed by atoms with Crippen LogP contribution in [0.25, 0.3) is 20.7 Å². The summed E-state index contributed by atoms with van der Waals surface area (Å²) in [4.78, 5) is 34.6. The minimum absolute atomic E-state index is 0.0284. The predicted octanol–water partition coefficient (Wildman–Crippen LogP) is 4.65. The van der Waals surface area contributed by atoms with Crippen LogP contribution in [0.5, 0.6) is 11.5 Å². The van der Waals surface area contributed by atoms with Crippen LogP contribution in [0, 0.1) is 0 Å². The molecule has 4 heterocycles. The Kier molecular flexibility index (Phi) is 5.74. The second kappa shape index (κ2) is 9.19. The van der Waals surface area contributed by atoms with Crippen LogP contribution in [-0.2, 0) is 11.3 Å².